The molecule has 0 aliphatic carbocycles. The number of ether oxygens (including phenoxy) is 1. The highest BCUT2D eigenvalue weighted by Crippen LogP contribution is 2.28. The Labute approximate surface area is 155 Å². The summed E-state index contributed by atoms with van der Waals surface area (Å²) in [6, 6.07) is 13.9. The largest absolute Gasteiger partial charge is 0.479 e. The van der Waals surface area contributed by atoms with Gasteiger partial charge in [-0.05, 0) is 57.9 Å². The number of hydrogen-bond acceptors (Lipinski definition) is 6. The van der Waals surface area contributed by atoms with Crippen LogP contribution in [0.4, 0.5) is 11.4 Å². The molecule has 6 nitrogen and oxygen atoms in total. The molecule has 3 rings (SSSR count). The van der Waals surface area contributed by atoms with E-state index in [0.29, 0.717) is 5.88 Å². The summed E-state index contributed by atoms with van der Waals surface area (Å²) >= 11 is 0. The van der Waals surface area contributed by atoms with E-state index in [2.05, 4.69) is 34.3 Å². The number of rotatable bonds is 6. The van der Waals surface area contributed by atoms with Crippen LogP contribution in [-0.2, 0) is 0 Å². The molecule has 0 spiro atoms. The Bertz CT molecular complexity index is 793. The first-order valence-corrected chi connectivity index (χ1v) is 8.60. The maximum atomic E-state index is 5.25. The predicted molar refractivity (Wildman–Crippen MR) is 108 cm³/mol. The first kappa shape index (κ1) is 19.6. The van der Waals surface area contributed by atoms with Crippen LogP contribution in [0, 0.1) is 0 Å². The maximum Gasteiger partial charge on any atom is 0.240 e. The summed E-state index contributed by atoms with van der Waals surface area (Å²) in [5, 5.41) is 4.36. The third-order valence-corrected chi connectivity index (χ3v) is 3.68. The first-order chi connectivity index (χ1) is 12.7. The number of nitrogens with two attached hydrogens (primary N) is 1. The van der Waals surface area contributed by atoms with Crippen molar-refractivity contribution in [3.63, 3.8) is 0 Å². The molecule has 0 saturated carbocycles. The van der Waals surface area contributed by atoms with Gasteiger partial charge in [0.15, 0.2) is 0 Å². The lowest BCUT2D eigenvalue weighted by Gasteiger charge is -2.10. The second-order valence-corrected chi connectivity index (χ2v) is 6.01. The Morgan fingerprint density at radius 1 is 1.04 bits per heavy atom. The van der Waals surface area contributed by atoms with Crippen LogP contribution in [0.3, 0.4) is 0 Å². The highest BCUT2D eigenvalue weighted by molar-refractivity contribution is 5.95. The number of benzene rings is 1. The van der Waals surface area contributed by atoms with E-state index in [1.807, 2.05) is 42.5 Å². The molecule has 138 valence electrons. The van der Waals surface area contributed by atoms with E-state index >= 15 is 0 Å². The molecule has 3 N–H and O–H groups in total. The second-order valence-electron chi connectivity index (χ2n) is 6.01. The van der Waals surface area contributed by atoms with Crippen molar-refractivity contribution >= 4 is 22.3 Å². The number of anilines is 2. The fourth-order valence-corrected chi connectivity index (χ4v) is 2.40. The summed E-state index contributed by atoms with van der Waals surface area (Å²) in [5.41, 5.74) is 8.02. The van der Waals surface area contributed by atoms with Gasteiger partial charge in [0, 0.05) is 29.2 Å². The standard InChI is InChI=1S/C15H13N3O.C5H14N2/c1-19-15-14-12(7-9-17-15)13(8-10-16-14)18-11-5-3-2-4-6-11;1-7(2)5-3-4-6/h2-10H,1H3,(H,16,18);3-6H2,1-2H3. The van der Waals surface area contributed by atoms with Crippen LogP contribution in [-0.4, -0.2) is 49.2 Å². The van der Waals surface area contributed by atoms with Gasteiger partial charge in [-0.25, -0.2) is 4.98 Å². The zero-order chi connectivity index (χ0) is 18.8. The lowest BCUT2D eigenvalue weighted by Crippen LogP contribution is -2.16. The zero-order valence-corrected chi connectivity index (χ0v) is 15.6. The predicted octanol–water partition coefficient (Wildman–Crippen LogP) is 3.28. The van der Waals surface area contributed by atoms with Crippen LogP contribution in [0.25, 0.3) is 10.9 Å². The molecule has 0 radical (unpaired) electrons. The van der Waals surface area contributed by atoms with Crippen molar-refractivity contribution in [3.05, 3.63) is 54.9 Å². The average molecular weight is 353 g/mol. The molecule has 0 unspecified atom stereocenters. The van der Waals surface area contributed by atoms with Crippen molar-refractivity contribution in [2.45, 2.75) is 6.42 Å². The Morgan fingerprint density at radius 3 is 2.38 bits per heavy atom. The summed E-state index contributed by atoms with van der Waals surface area (Å²) in [6.07, 6.45) is 4.57. The molecular weight excluding hydrogens is 326 g/mol. The van der Waals surface area contributed by atoms with Crippen molar-refractivity contribution in [2.75, 3.05) is 39.6 Å². The number of aromatic nitrogens is 2. The van der Waals surface area contributed by atoms with Gasteiger partial charge in [0.1, 0.15) is 5.52 Å². The maximum absolute atomic E-state index is 5.25. The van der Waals surface area contributed by atoms with Gasteiger partial charge < -0.3 is 20.7 Å². The van der Waals surface area contributed by atoms with Gasteiger partial charge in [-0.15, -0.1) is 0 Å². The number of fused-ring (bicyclic) bond motifs is 1. The Hall–Kier alpha value is -2.70. The number of methoxy groups -OCH3 is 1. The average Bonchev–Trinajstić information content (AvgIpc) is 2.67. The summed E-state index contributed by atoms with van der Waals surface area (Å²) in [6.45, 7) is 1.91. The highest BCUT2D eigenvalue weighted by Gasteiger charge is 2.07. The fraction of sp³-hybridized carbons (Fsp3) is 0.300. The minimum Gasteiger partial charge on any atom is -0.479 e. The molecule has 0 amide bonds. The van der Waals surface area contributed by atoms with Crippen molar-refractivity contribution in [2.24, 2.45) is 5.73 Å². The van der Waals surface area contributed by atoms with Crippen molar-refractivity contribution in [3.8, 4) is 5.88 Å². The van der Waals surface area contributed by atoms with Gasteiger partial charge in [0.25, 0.3) is 0 Å². The SMILES string of the molecule is CN(C)CCCN.COc1nccc2c(Nc3ccccc3)ccnc12. The molecule has 0 saturated heterocycles. The molecule has 26 heavy (non-hydrogen) atoms. The lowest BCUT2D eigenvalue weighted by atomic mass is 10.2. The molecule has 2 aromatic heterocycles. The van der Waals surface area contributed by atoms with E-state index in [9.17, 15) is 0 Å². The monoisotopic (exact) mass is 353 g/mol. The summed E-state index contributed by atoms with van der Waals surface area (Å²) in [7, 11) is 5.70. The van der Waals surface area contributed by atoms with E-state index in [-0.39, 0.29) is 0 Å². The van der Waals surface area contributed by atoms with Crippen LogP contribution in [0.15, 0.2) is 54.9 Å². The van der Waals surface area contributed by atoms with Gasteiger partial charge in [-0.3, -0.25) is 4.98 Å². The van der Waals surface area contributed by atoms with Gasteiger partial charge >= 0.3 is 0 Å². The van der Waals surface area contributed by atoms with E-state index in [4.69, 9.17) is 10.5 Å². The molecular formula is C20H27N5O. The molecule has 0 atom stereocenters. The molecule has 1 aromatic carbocycles. The van der Waals surface area contributed by atoms with Crippen LogP contribution in [0.2, 0.25) is 0 Å². The smallest absolute Gasteiger partial charge is 0.240 e. The Kier molecular flexibility index (Phi) is 7.79. The van der Waals surface area contributed by atoms with Crippen LogP contribution in [0.5, 0.6) is 5.88 Å². The molecule has 0 fully saturated rings. The van der Waals surface area contributed by atoms with Crippen LogP contribution < -0.4 is 15.8 Å². The van der Waals surface area contributed by atoms with Gasteiger partial charge in [0.05, 0.1) is 7.11 Å². The van der Waals surface area contributed by atoms with E-state index in [1.54, 1.807) is 19.5 Å². The van der Waals surface area contributed by atoms with Gasteiger partial charge in [0.2, 0.25) is 5.88 Å². The summed E-state index contributed by atoms with van der Waals surface area (Å²) in [5.74, 6) is 0.536. The van der Waals surface area contributed by atoms with E-state index in [0.717, 1.165) is 41.8 Å². The van der Waals surface area contributed by atoms with Crippen molar-refractivity contribution in [1.29, 1.82) is 0 Å². The quantitative estimate of drug-likeness (QED) is 0.708. The van der Waals surface area contributed by atoms with Crippen LogP contribution in [0.1, 0.15) is 6.42 Å². The summed E-state index contributed by atoms with van der Waals surface area (Å²) < 4.78 is 5.23. The molecule has 3 aromatic rings. The topological polar surface area (TPSA) is 76.3 Å². The van der Waals surface area contributed by atoms with E-state index < -0.39 is 0 Å². The number of pyridine rings is 2. The number of para-hydroxylation sites is 1. The molecule has 0 bridgehead atoms. The van der Waals surface area contributed by atoms with Crippen LogP contribution >= 0.6 is 0 Å². The first-order valence-electron chi connectivity index (χ1n) is 8.60. The molecule has 0 aliphatic heterocycles. The third kappa shape index (κ3) is 5.68. The number of nitrogens with zero attached hydrogens (tertiary/aromatic N) is 3. The second kappa shape index (κ2) is 10.3. The Morgan fingerprint density at radius 2 is 1.77 bits per heavy atom. The molecule has 0 aliphatic rings. The molecule has 6 heteroatoms. The lowest BCUT2D eigenvalue weighted by molar-refractivity contribution is 0.402. The fourth-order valence-electron chi connectivity index (χ4n) is 2.40. The number of nitrogens with one attached hydrogen (secondary N) is 1. The summed E-state index contributed by atoms with van der Waals surface area (Å²) in [4.78, 5) is 10.6. The Balaban J connectivity index is 0.000000298. The van der Waals surface area contributed by atoms with Gasteiger partial charge in [-0.1, -0.05) is 18.2 Å². The minimum absolute atomic E-state index is 0.536. The van der Waals surface area contributed by atoms with E-state index in [1.165, 1.54) is 0 Å². The normalized spacial score (nSPS) is 10.3. The minimum atomic E-state index is 0.536. The van der Waals surface area contributed by atoms with Crippen molar-refractivity contribution < 1.29 is 4.74 Å². The molecule has 2 heterocycles. The number of hydrogen-bond donors (Lipinski definition) is 2. The highest BCUT2D eigenvalue weighted by atomic mass is 16.5. The van der Waals surface area contributed by atoms with Gasteiger partial charge in [-0.2, -0.15) is 0 Å². The zero-order valence-electron chi connectivity index (χ0n) is 15.6. The van der Waals surface area contributed by atoms with Crippen molar-refractivity contribution in [1.82, 2.24) is 14.9 Å². The third-order valence-electron chi connectivity index (χ3n) is 3.68.